The van der Waals surface area contributed by atoms with Crippen LogP contribution in [0.5, 0.6) is 5.75 Å². The Morgan fingerprint density at radius 1 is 1.28 bits per heavy atom. The Morgan fingerprint density at radius 3 is 2.72 bits per heavy atom. The molecule has 5 nitrogen and oxygen atoms in total. The van der Waals surface area contributed by atoms with Gasteiger partial charge in [0.15, 0.2) is 5.82 Å². The third kappa shape index (κ3) is 3.54. The lowest BCUT2D eigenvalue weighted by Gasteiger charge is -2.40. The van der Waals surface area contributed by atoms with E-state index in [9.17, 15) is 9.59 Å². The minimum absolute atomic E-state index is 0.0699. The summed E-state index contributed by atoms with van der Waals surface area (Å²) in [7, 11) is 0. The largest absolute Gasteiger partial charge is 0.493 e. The quantitative estimate of drug-likeness (QED) is 0.421. The zero-order valence-electron chi connectivity index (χ0n) is 19.6. The minimum Gasteiger partial charge on any atom is -0.493 e. The highest BCUT2D eigenvalue weighted by Gasteiger charge is 2.48. The monoisotopic (exact) mass is 441 g/mol. The third-order valence-electron chi connectivity index (χ3n) is 7.01. The van der Waals surface area contributed by atoms with Gasteiger partial charge in [-0.2, -0.15) is 0 Å². The van der Waals surface area contributed by atoms with Crippen LogP contribution in [-0.2, 0) is 4.74 Å². The van der Waals surface area contributed by atoms with Crippen molar-refractivity contribution in [1.82, 2.24) is 4.57 Å². The first kappa shape index (κ1) is 22.6. The van der Waals surface area contributed by atoms with Crippen LogP contribution in [-0.4, -0.2) is 23.8 Å². The maximum atomic E-state index is 15.6. The molecule has 2 aliphatic rings. The maximum Gasteiger partial charge on any atom is 0.343 e. The zero-order valence-corrected chi connectivity index (χ0v) is 19.6. The Morgan fingerprint density at radius 2 is 2.03 bits per heavy atom. The number of carbonyl (C=O) groups is 1. The molecule has 1 aliphatic carbocycles. The van der Waals surface area contributed by atoms with Crippen LogP contribution in [0, 0.1) is 18.2 Å². The summed E-state index contributed by atoms with van der Waals surface area (Å²) < 4.78 is 28.5. The molecule has 32 heavy (non-hydrogen) atoms. The number of halogens is 1. The molecule has 172 valence electrons. The molecule has 1 aromatic heterocycles. The zero-order chi connectivity index (χ0) is 23.2. The molecule has 0 amide bonds. The molecular formula is C26H32FNO4. The van der Waals surface area contributed by atoms with Crippen molar-refractivity contribution < 1.29 is 18.7 Å². The molecule has 1 saturated carbocycles. The molecule has 4 rings (SSSR count). The molecule has 6 heteroatoms. The number of unbranched alkanes of at least 4 members (excludes halogenated alkanes) is 1. The smallest absolute Gasteiger partial charge is 0.343 e. The van der Waals surface area contributed by atoms with Gasteiger partial charge in [-0.25, -0.2) is 9.18 Å². The molecule has 1 fully saturated rings. The summed E-state index contributed by atoms with van der Waals surface area (Å²) in [4.78, 5) is 25.2. The number of pyridine rings is 1. The second-order valence-electron chi connectivity index (χ2n) is 9.65. The lowest BCUT2D eigenvalue weighted by atomic mass is 9.77. The second kappa shape index (κ2) is 8.38. The summed E-state index contributed by atoms with van der Waals surface area (Å²) in [5, 5.41) is 0. The van der Waals surface area contributed by atoms with Gasteiger partial charge in [0, 0.05) is 23.7 Å². The first-order valence-electron chi connectivity index (χ1n) is 11.6. The summed E-state index contributed by atoms with van der Waals surface area (Å²) in [6.45, 7) is 10.8. The normalized spacial score (nSPS) is 20.3. The number of esters is 1. The second-order valence-corrected chi connectivity index (χ2v) is 9.65. The number of hydrogen-bond acceptors (Lipinski definition) is 4. The van der Waals surface area contributed by atoms with Gasteiger partial charge in [0.1, 0.15) is 11.3 Å². The Kier molecular flexibility index (Phi) is 5.91. The van der Waals surface area contributed by atoms with Gasteiger partial charge >= 0.3 is 5.97 Å². The molecule has 0 saturated heterocycles. The van der Waals surface area contributed by atoms with Crippen LogP contribution in [0.2, 0.25) is 0 Å². The van der Waals surface area contributed by atoms with Crippen molar-refractivity contribution in [3.63, 3.8) is 0 Å². The van der Waals surface area contributed by atoms with Crippen LogP contribution < -0.4 is 10.2 Å². The van der Waals surface area contributed by atoms with E-state index in [0.717, 1.165) is 42.6 Å². The fourth-order valence-corrected chi connectivity index (χ4v) is 5.40. The lowest BCUT2D eigenvalue weighted by molar-refractivity contribution is 0.0522. The number of aryl methyl sites for hydroxylation is 1. The highest BCUT2D eigenvalue weighted by molar-refractivity contribution is 5.89. The van der Waals surface area contributed by atoms with E-state index in [1.54, 1.807) is 6.92 Å². The molecule has 1 aromatic carbocycles. The van der Waals surface area contributed by atoms with Gasteiger partial charge in [-0.05, 0) is 61.8 Å². The molecule has 0 radical (unpaired) electrons. The van der Waals surface area contributed by atoms with Crippen molar-refractivity contribution in [3.05, 3.63) is 51.1 Å². The molecule has 2 aromatic rings. The van der Waals surface area contributed by atoms with Gasteiger partial charge in [0.25, 0.3) is 0 Å². The number of rotatable bonds is 6. The summed E-state index contributed by atoms with van der Waals surface area (Å²) in [6, 6.07) is 3.90. The summed E-state index contributed by atoms with van der Waals surface area (Å²) in [5.74, 6) is -0.698. The minimum atomic E-state index is -0.907. The Bertz CT molecular complexity index is 1120. The molecule has 2 atom stereocenters. The molecule has 0 unspecified atom stereocenters. The number of benzene rings is 1. The number of carbonyl (C=O) groups excluding carboxylic acids is 1. The van der Waals surface area contributed by atoms with Crippen molar-refractivity contribution in [2.45, 2.75) is 72.3 Å². The van der Waals surface area contributed by atoms with Crippen LogP contribution in [0.1, 0.15) is 86.8 Å². The van der Waals surface area contributed by atoms with Crippen LogP contribution in [0.25, 0.3) is 11.3 Å². The van der Waals surface area contributed by atoms with E-state index in [1.165, 1.54) is 6.20 Å². The van der Waals surface area contributed by atoms with Crippen molar-refractivity contribution >= 4 is 5.97 Å². The molecule has 0 spiro atoms. The predicted molar refractivity (Wildman–Crippen MR) is 122 cm³/mol. The molecule has 0 bridgehead atoms. The lowest BCUT2D eigenvalue weighted by Crippen LogP contribution is -2.34. The van der Waals surface area contributed by atoms with Crippen molar-refractivity contribution in [2.24, 2.45) is 5.41 Å². The number of nitrogens with zero attached hydrogens (tertiary/aromatic N) is 1. The van der Waals surface area contributed by atoms with Gasteiger partial charge in [-0.15, -0.1) is 0 Å². The van der Waals surface area contributed by atoms with Crippen LogP contribution in [0.3, 0.4) is 0 Å². The Hall–Kier alpha value is -2.63. The van der Waals surface area contributed by atoms with E-state index in [4.69, 9.17) is 9.47 Å². The fraction of sp³-hybridized carbons (Fsp3) is 0.538. The van der Waals surface area contributed by atoms with Gasteiger partial charge in [0.05, 0.1) is 18.9 Å². The Balaban J connectivity index is 1.95. The van der Waals surface area contributed by atoms with Crippen molar-refractivity contribution in [2.75, 3.05) is 13.2 Å². The standard InChI is InChI=1S/C26H32FNO4/c1-6-8-11-32-20-13-17-16-9-10-26(4,5)24(16)28-14-19(25(30)31-7-2)23(29)21(27)22(28)18(17)12-15(20)3/h12-14,16,24H,6-11H2,1-5H3/t16-,24+/m1/s1. The van der Waals surface area contributed by atoms with E-state index in [-0.39, 0.29) is 35.2 Å². The number of fused-ring (bicyclic) bond motifs is 6. The highest BCUT2D eigenvalue weighted by Crippen LogP contribution is 2.59. The highest BCUT2D eigenvalue weighted by atomic mass is 19.1. The van der Waals surface area contributed by atoms with E-state index in [1.807, 2.05) is 23.6 Å². The number of ether oxygens (including phenoxy) is 2. The van der Waals surface area contributed by atoms with Gasteiger partial charge in [0.2, 0.25) is 5.43 Å². The molecular weight excluding hydrogens is 409 g/mol. The van der Waals surface area contributed by atoms with Gasteiger partial charge in [-0.3, -0.25) is 4.79 Å². The van der Waals surface area contributed by atoms with E-state index >= 15 is 4.39 Å². The summed E-state index contributed by atoms with van der Waals surface area (Å²) in [5.41, 5.74) is 1.64. The predicted octanol–water partition coefficient (Wildman–Crippen LogP) is 5.78. The van der Waals surface area contributed by atoms with Crippen LogP contribution in [0.4, 0.5) is 4.39 Å². The van der Waals surface area contributed by atoms with E-state index < -0.39 is 17.2 Å². The van der Waals surface area contributed by atoms with E-state index in [0.29, 0.717) is 12.2 Å². The van der Waals surface area contributed by atoms with E-state index in [2.05, 4.69) is 20.8 Å². The van der Waals surface area contributed by atoms with Crippen LogP contribution >= 0.6 is 0 Å². The molecule has 0 N–H and O–H groups in total. The number of hydrogen-bond donors (Lipinski definition) is 0. The topological polar surface area (TPSA) is 57.5 Å². The summed E-state index contributed by atoms with van der Waals surface area (Å²) in [6.07, 6.45) is 5.45. The van der Waals surface area contributed by atoms with Gasteiger partial charge in [-0.1, -0.05) is 27.2 Å². The maximum absolute atomic E-state index is 15.6. The first-order valence-corrected chi connectivity index (χ1v) is 11.6. The summed E-state index contributed by atoms with van der Waals surface area (Å²) >= 11 is 0. The average molecular weight is 442 g/mol. The first-order chi connectivity index (χ1) is 15.2. The number of aromatic nitrogens is 1. The SMILES string of the molecule is CCCCOc1cc2c(cc1C)-c1c(F)c(=O)c(C(=O)OCC)cn1[C@H]1[C@@H]2CCC1(C)C. The third-order valence-corrected chi connectivity index (χ3v) is 7.01. The van der Waals surface area contributed by atoms with Crippen molar-refractivity contribution in [1.29, 1.82) is 0 Å². The van der Waals surface area contributed by atoms with Gasteiger partial charge < -0.3 is 14.0 Å². The van der Waals surface area contributed by atoms with Crippen LogP contribution in [0.15, 0.2) is 23.1 Å². The average Bonchev–Trinajstić information content (AvgIpc) is 3.06. The Labute approximate surface area is 188 Å². The van der Waals surface area contributed by atoms with Crippen molar-refractivity contribution in [3.8, 4) is 17.0 Å². The molecule has 1 aliphatic heterocycles. The fourth-order valence-electron chi connectivity index (χ4n) is 5.40. The molecule has 2 heterocycles.